The van der Waals surface area contributed by atoms with Crippen LogP contribution in [0.1, 0.15) is 130 Å². The summed E-state index contributed by atoms with van der Waals surface area (Å²) < 4.78 is 24.1. The van der Waals surface area contributed by atoms with Crippen molar-refractivity contribution < 1.29 is 72.0 Å². The van der Waals surface area contributed by atoms with Crippen molar-refractivity contribution in [3.63, 3.8) is 0 Å². The van der Waals surface area contributed by atoms with Crippen molar-refractivity contribution in [2.24, 2.45) is 40.2 Å². The van der Waals surface area contributed by atoms with Gasteiger partial charge in [0.1, 0.15) is 18.7 Å². The van der Waals surface area contributed by atoms with E-state index in [1.165, 1.54) is 12.2 Å². The third kappa shape index (κ3) is 13.1. The summed E-state index contributed by atoms with van der Waals surface area (Å²) in [4.78, 5) is 129. The van der Waals surface area contributed by atoms with Crippen LogP contribution in [0, 0.1) is 34.5 Å². The fraction of sp³-hybridized carbons (Fsp3) is 0.614. The summed E-state index contributed by atoms with van der Waals surface area (Å²) in [5.41, 5.74) is 4.32. The van der Waals surface area contributed by atoms with E-state index in [1.54, 1.807) is 50.3 Å². The number of primary amides is 1. The first kappa shape index (κ1) is 59.1. The molecule has 2 aliphatic heterocycles. The number of ether oxygens (including phenoxy) is 4. The Labute approximate surface area is 454 Å². The number of esters is 2. The molecule has 1 aromatic carbocycles. The predicted octanol–water partition coefficient (Wildman–Crippen LogP) is 4.29. The molecule has 0 bridgehead atoms. The van der Waals surface area contributed by atoms with E-state index in [2.05, 4.69) is 28.2 Å². The van der Waals surface area contributed by atoms with Gasteiger partial charge in [0.2, 0.25) is 23.5 Å². The van der Waals surface area contributed by atoms with E-state index in [9.17, 15) is 53.1 Å². The van der Waals surface area contributed by atoms with Gasteiger partial charge in [-0.15, -0.1) is 0 Å². The highest BCUT2D eigenvalue weighted by Crippen LogP contribution is 2.69. The van der Waals surface area contributed by atoms with E-state index < -0.39 is 89.2 Å². The highest BCUT2D eigenvalue weighted by molar-refractivity contribution is 6.12. The molecule has 6 aliphatic rings. The van der Waals surface area contributed by atoms with Crippen molar-refractivity contribution in [3.05, 3.63) is 65.8 Å². The molecule has 7 rings (SSSR count). The molecule has 1 saturated heterocycles. The average molecular weight is 1090 g/mol. The first-order valence-corrected chi connectivity index (χ1v) is 27.5. The van der Waals surface area contributed by atoms with Crippen LogP contribution in [0.25, 0.3) is 0 Å². The van der Waals surface area contributed by atoms with Gasteiger partial charge >= 0.3 is 18.0 Å². The number of nitrogens with one attached hydrogen (secondary N) is 4. The SMILES string of the molecule is CCCC1O[C@@H]2C[C@H]3[C@@H]4CCC5=CC(=O)C=C[C@]5(C)[C@H]4[C@@H](O)C[C@]3(C)[C@]2(C(=O)COC(=O)CCC(=O)OCc2ccc(NC(=O)[C@H](CCCNC(N)=O)NC(=O)C(NC(=O)CCCCCN3C(=O)C=CC3=O)C(C)C)cc2)O1. The largest absolute Gasteiger partial charge is 0.461 e. The number of urea groups is 1. The molecule has 4 fully saturated rings. The van der Waals surface area contributed by atoms with E-state index in [4.69, 9.17) is 24.7 Å². The number of fused-ring (bicyclic) bond motifs is 7. The number of carbonyl (C=O) groups excluding carboxylic acids is 10. The minimum atomic E-state index is -1.47. The molecule has 2 unspecified atom stereocenters. The molecule has 3 saturated carbocycles. The number of nitrogens with zero attached hydrogens (tertiary/aromatic N) is 1. The average Bonchev–Trinajstić information content (AvgIpc) is 4.10. The third-order valence-electron chi connectivity index (χ3n) is 16.8. The molecule has 21 heteroatoms. The van der Waals surface area contributed by atoms with Gasteiger partial charge in [-0.2, -0.15) is 0 Å². The Balaban J connectivity index is 0.870. The molecule has 7 N–H and O–H groups in total. The number of unbranched alkanes of at least 4 members (excludes halogenated alkanes) is 2. The smallest absolute Gasteiger partial charge is 0.312 e. The molecule has 2 heterocycles. The number of nitrogens with two attached hydrogens (primary N) is 1. The Kier molecular flexibility index (Phi) is 19.3. The highest BCUT2D eigenvalue weighted by atomic mass is 16.7. The van der Waals surface area contributed by atoms with E-state index in [-0.39, 0.29) is 105 Å². The molecule has 7 amide bonds. The van der Waals surface area contributed by atoms with Crippen LogP contribution in [0.3, 0.4) is 0 Å². The lowest BCUT2D eigenvalue weighted by molar-refractivity contribution is -0.201. The molecule has 424 valence electrons. The summed E-state index contributed by atoms with van der Waals surface area (Å²) in [5, 5.41) is 22.7. The number of aliphatic hydroxyl groups is 1. The predicted molar refractivity (Wildman–Crippen MR) is 281 cm³/mol. The monoisotopic (exact) mass is 1080 g/mol. The maximum absolute atomic E-state index is 14.5. The fourth-order valence-electron chi connectivity index (χ4n) is 12.9. The van der Waals surface area contributed by atoms with Gasteiger partial charge in [0.15, 0.2) is 24.3 Å². The van der Waals surface area contributed by atoms with Crippen molar-refractivity contribution in [3.8, 4) is 0 Å². The van der Waals surface area contributed by atoms with Crippen LogP contribution < -0.4 is 27.0 Å². The second kappa shape index (κ2) is 25.5. The molecule has 0 spiro atoms. The summed E-state index contributed by atoms with van der Waals surface area (Å²) in [6.07, 6.45) is 10.4. The van der Waals surface area contributed by atoms with Crippen molar-refractivity contribution in [2.75, 3.05) is 25.0 Å². The topological polar surface area (TPSA) is 305 Å². The first-order valence-electron chi connectivity index (χ1n) is 27.5. The van der Waals surface area contributed by atoms with Gasteiger partial charge in [-0.1, -0.05) is 71.2 Å². The lowest BCUT2D eigenvalue weighted by atomic mass is 9.46. The van der Waals surface area contributed by atoms with Crippen LogP contribution in [-0.4, -0.2) is 125 Å². The zero-order chi connectivity index (χ0) is 56.5. The third-order valence-corrected chi connectivity index (χ3v) is 16.8. The number of ketones is 2. The maximum Gasteiger partial charge on any atom is 0.312 e. The molecule has 0 radical (unpaired) electrons. The number of imide groups is 1. The van der Waals surface area contributed by atoms with Gasteiger partial charge in [0.05, 0.1) is 25.0 Å². The lowest BCUT2D eigenvalue weighted by Gasteiger charge is -2.59. The zero-order valence-corrected chi connectivity index (χ0v) is 45.3. The normalized spacial score (nSPS) is 28.4. The molecule has 4 aliphatic carbocycles. The number of anilines is 1. The molecular formula is C57H76N6O15. The van der Waals surface area contributed by atoms with Gasteiger partial charge in [0, 0.05) is 54.1 Å². The molecule has 11 atom stereocenters. The van der Waals surface area contributed by atoms with Crippen molar-refractivity contribution >= 4 is 64.8 Å². The first-order chi connectivity index (χ1) is 37.1. The van der Waals surface area contributed by atoms with Crippen molar-refractivity contribution in [1.82, 2.24) is 20.9 Å². The minimum Gasteiger partial charge on any atom is -0.461 e. The number of Topliss-reactive ketones (excluding diaryl/α,β-unsaturated/α-hetero) is 1. The number of hydrogen-bond donors (Lipinski definition) is 6. The number of benzene rings is 1. The Bertz CT molecular complexity index is 2560. The quantitative estimate of drug-likeness (QED) is 0.0428. The van der Waals surface area contributed by atoms with Crippen LogP contribution in [0.15, 0.2) is 60.2 Å². The summed E-state index contributed by atoms with van der Waals surface area (Å²) in [7, 11) is 0. The Morgan fingerprint density at radius 1 is 0.885 bits per heavy atom. The molecular weight excluding hydrogens is 1010 g/mol. The molecule has 1 aromatic rings. The number of carbonyl (C=O) groups is 10. The molecule has 78 heavy (non-hydrogen) atoms. The van der Waals surface area contributed by atoms with Crippen LogP contribution in [0.2, 0.25) is 0 Å². The number of amides is 7. The Morgan fingerprint density at radius 3 is 2.27 bits per heavy atom. The Hall–Kier alpha value is -6.58. The summed E-state index contributed by atoms with van der Waals surface area (Å²) in [6.45, 7) is 9.17. The number of rotatable bonds is 26. The standard InChI is InChI=1S/C57H76N6O15/c1-6-11-49-77-43-29-39-38-19-16-35-28-37(64)24-25-55(35,4)50(38)41(65)30-56(39,5)57(43,78-49)42(66)32-76-48(71)23-22-47(70)75-31-34-14-17-36(18-15-34)60-52(72)40(12-10-26-59-54(58)74)61-53(73)51(33(2)3)62-44(67)13-8-7-9-27-63-45(68)20-21-46(63)69/h14-15,17-18,20-21,24-25,28,33,38-41,43,49-51,65H,6-13,16,19,22-23,26-27,29-32H2,1-5H3,(H,60,72)(H,61,73)(H,62,67)(H3,58,59,74)/t38-,39-,40-,41-,43+,49?,50+,51?,55-,56-,57+/m0/s1. The van der Waals surface area contributed by atoms with Gasteiger partial charge in [-0.05, 0) is 105 Å². The summed E-state index contributed by atoms with van der Waals surface area (Å²) in [5.74, 6) is -4.82. The van der Waals surface area contributed by atoms with Crippen LogP contribution >= 0.6 is 0 Å². The number of aliphatic hydroxyl groups excluding tert-OH is 1. The second-order valence-electron chi connectivity index (χ2n) is 22.3. The van der Waals surface area contributed by atoms with Crippen LogP contribution in [0.5, 0.6) is 0 Å². The fourth-order valence-corrected chi connectivity index (χ4v) is 12.9. The Morgan fingerprint density at radius 2 is 1.59 bits per heavy atom. The van der Waals surface area contributed by atoms with Gasteiger partial charge in [-0.3, -0.25) is 48.1 Å². The van der Waals surface area contributed by atoms with Crippen LogP contribution in [0.4, 0.5) is 10.5 Å². The summed E-state index contributed by atoms with van der Waals surface area (Å²) in [6, 6.07) is 3.56. The molecule has 21 nitrogen and oxygen atoms in total. The zero-order valence-electron chi connectivity index (χ0n) is 45.3. The van der Waals surface area contributed by atoms with E-state index in [1.807, 2.05) is 19.9 Å². The lowest BCUT2D eigenvalue weighted by Crippen LogP contribution is -2.63. The van der Waals surface area contributed by atoms with E-state index in [0.29, 0.717) is 49.8 Å². The number of hydrogen-bond acceptors (Lipinski definition) is 15. The van der Waals surface area contributed by atoms with Crippen LogP contribution in [-0.2, 0) is 68.7 Å². The van der Waals surface area contributed by atoms with E-state index >= 15 is 0 Å². The van der Waals surface area contributed by atoms with Crippen molar-refractivity contribution in [1.29, 1.82) is 0 Å². The van der Waals surface area contributed by atoms with Gasteiger partial charge in [-0.25, -0.2) is 4.79 Å². The minimum absolute atomic E-state index is 0.0182. The van der Waals surface area contributed by atoms with Crippen molar-refractivity contribution in [2.45, 2.75) is 167 Å². The second-order valence-corrected chi connectivity index (χ2v) is 22.3. The maximum atomic E-state index is 14.5. The van der Waals surface area contributed by atoms with Gasteiger partial charge in [0.25, 0.3) is 11.8 Å². The van der Waals surface area contributed by atoms with Gasteiger partial charge < -0.3 is 51.1 Å². The molecule has 0 aromatic heterocycles. The number of allylic oxidation sites excluding steroid dienone is 4. The highest BCUT2D eigenvalue weighted by Gasteiger charge is 2.76. The van der Waals surface area contributed by atoms with E-state index in [0.717, 1.165) is 23.3 Å². The summed E-state index contributed by atoms with van der Waals surface area (Å²) >= 11 is 0.